The summed E-state index contributed by atoms with van der Waals surface area (Å²) in [6, 6.07) is 5.19. The number of hydrogen-bond acceptors (Lipinski definition) is 3. The molecular formula is C15H22ClN3O2. The van der Waals surface area contributed by atoms with Crippen molar-refractivity contribution < 1.29 is 9.59 Å². The molecule has 0 aromatic heterocycles. The van der Waals surface area contributed by atoms with Gasteiger partial charge in [0.25, 0.3) is 0 Å². The molecule has 0 heterocycles. The van der Waals surface area contributed by atoms with E-state index < -0.39 is 0 Å². The van der Waals surface area contributed by atoms with Crippen LogP contribution in [0.5, 0.6) is 0 Å². The van der Waals surface area contributed by atoms with E-state index in [1.54, 1.807) is 18.2 Å². The van der Waals surface area contributed by atoms with E-state index in [0.717, 1.165) is 18.5 Å². The number of anilines is 1. The largest absolute Gasteiger partial charge is 0.356 e. The van der Waals surface area contributed by atoms with Gasteiger partial charge in [0.1, 0.15) is 6.42 Å². The minimum Gasteiger partial charge on any atom is -0.356 e. The van der Waals surface area contributed by atoms with E-state index >= 15 is 0 Å². The average Bonchev–Trinajstić information content (AvgIpc) is 2.38. The first-order valence-electron chi connectivity index (χ1n) is 6.86. The Labute approximate surface area is 130 Å². The van der Waals surface area contributed by atoms with Crippen molar-refractivity contribution in [3.63, 3.8) is 0 Å². The second-order valence-electron chi connectivity index (χ2n) is 5.19. The third-order valence-electron chi connectivity index (χ3n) is 2.89. The van der Waals surface area contributed by atoms with Gasteiger partial charge in [0.05, 0.1) is 0 Å². The van der Waals surface area contributed by atoms with E-state index in [2.05, 4.69) is 10.6 Å². The van der Waals surface area contributed by atoms with Crippen LogP contribution in [0.1, 0.15) is 18.4 Å². The highest BCUT2D eigenvalue weighted by molar-refractivity contribution is 6.30. The summed E-state index contributed by atoms with van der Waals surface area (Å²) in [7, 11) is 3.95. The second kappa shape index (κ2) is 8.64. The van der Waals surface area contributed by atoms with Gasteiger partial charge in [-0.15, -0.1) is 0 Å². The van der Waals surface area contributed by atoms with Crippen LogP contribution in [0.3, 0.4) is 0 Å². The lowest BCUT2D eigenvalue weighted by Gasteiger charge is -2.11. The fraction of sp³-hybridized carbons (Fsp3) is 0.467. The van der Waals surface area contributed by atoms with Gasteiger partial charge in [-0.1, -0.05) is 11.6 Å². The van der Waals surface area contributed by atoms with Crippen molar-refractivity contribution in [3.05, 3.63) is 28.8 Å². The zero-order valence-electron chi connectivity index (χ0n) is 12.7. The molecule has 0 radical (unpaired) electrons. The zero-order valence-corrected chi connectivity index (χ0v) is 13.5. The van der Waals surface area contributed by atoms with Crippen LogP contribution in [0, 0.1) is 6.92 Å². The lowest BCUT2D eigenvalue weighted by molar-refractivity contribution is -0.126. The summed E-state index contributed by atoms with van der Waals surface area (Å²) < 4.78 is 0. The molecule has 0 aliphatic heterocycles. The Kier molecular flexibility index (Phi) is 7.19. The van der Waals surface area contributed by atoms with Crippen LogP contribution >= 0.6 is 11.6 Å². The molecule has 0 atom stereocenters. The molecule has 2 N–H and O–H groups in total. The van der Waals surface area contributed by atoms with Crippen molar-refractivity contribution >= 4 is 29.1 Å². The van der Waals surface area contributed by atoms with E-state index in [-0.39, 0.29) is 18.2 Å². The van der Waals surface area contributed by atoms with Gasteiger partial charge in [0.15, 0.2) is 0 Å². The predicted octanol–water partition coefficient (Wildman–Crippen LogP) is 2.04. The van der Waals surface area contributed by atoms with Crippen molar-refractivity contribution in [1.82, 2.24) is 10.2 Å². The van der Waals surface area contributed by atoms with Crippen molar-refractivity contribution in [1.29, 1.82) is 0 Å². The number of halogens is 1. The third-order valence-corrected chi connectivity index (χ3v) is 3.12. The number of nitrogens with one attached hydrogen (secondary N) is 2. The van der Waals surface area contributed by atoms with E-state index in [4.69, 9.17) is 11.6 Å². The summed E-state index contributed by atoms with van der Waals surface area (Å²) in [6.45, 7) is 3.32. The first-order valence-corrected chi connectivity index (χ1v) is 7.23. The monoisotopic (exact) mass is 311 g/mol. The summed E-state index contributed by atoms with van der Waals surface area (Å²) in [4.78, 5) is 25.5. The van der Waals surface area contributed by atoms with Crippen LogP contribution in [0.25, 0.3) is 0 Å². The number of benzene rings is 1. The Morgan fingerprint density at radius 2 is 1.95 bits per heavy atom. The molecular weight excluding hydrogens is 290 g/mol. The van der Waals surface area contributed by atoms with Crippen LogP contribution in [-0.2, 0) is 9.59 Å². The Morgan fingerprint density at radius 3 is 2.57 bits per heavy atom. The Hall–Kier alpha value is -1.59. The van der Waals surface area contributed by atoms with Gasteiger partial charge >= 0.3 is 0 Å². The predicted molar refractivity (Wildman–Crippen MR) is 85.6 cm³/mol. The molecule has 0 saturated carbocycles. The van der Waals surface area contributed by atoms with Gasteiger partial charge in [0.2, 0.25) is 11.8 Å². The molecule has 0 aliphatic rings. The number of nitrogens with zero attached hydrogens (tertiary/aromatic N) is 1. The number of carbonyl (C=O) groups excluding carboxylic acids is 2. The average molecular weight is 312 g/mol. The maximum atomic E-state index is 11.8. The van der Waals surface area contributed by atoms with E-state index in [0.29, 0.717) is 17.3 Å². The SMILES string of the molecule is Cc1cc(Cl)ccc1NC(=O)CC(=O)NCCCN(C)C. The number of aryl methyl sites for hydroxylation is 1. The maximum absolute atomic E-state index is 11.8. The van der Waals surface area contributed by atoms with E-state index in [9.17, 15) is 9.59 Å². The highest BCUT2D eigenvalue weighted by atomic mass is 35.5. The van der Waals surface area contributed by atoms with Crippen molar-refractivity contribution in [3.8, 4) is 0 Å². The summed E-state index contributed by atoms with van der Waals surface area (Å²) in [6.07, 6.45) is 0.681. The highest BCUT2D eigenvalue weighted by Gasteiger charge is 2.10. The number of carbonyl (C=O) groups is 2. The van der Waals surface area contributed by atoms with Gasteiger partial charge in [-0.2, -0.15) is 0 Å². The van der Waals surface area contributed by atoms with Gasteiger partial charge in [-0.25, -0.2) is 0 Å². The minimum absolute atomic E-state index is 0.177. The highest BCUT2D eigenvalue weighted by Crippen LogP contribution is 2.19. The van der Waals surface area contributed by atoms with Gasteiger partial charge in [0, 0.05) is 17.3 Å². The first-order chi connectivity index (χ1) is 9.88. The molecule has 1 aromatic rings. The smallest absolute Gasteiger partial charge is 0.233 e. The van der Waals surface area contributed by atoms with Crippen LogP contribution in [-0.4, -0.2) is 43.9 Å². The Balaban J connectivity index is 2.34. The van der Waals surface area contributed by atoms with Crippen LogP contribution in [0.2, 0.25) is 5.02 Å². The van der Waals surface area contributed by atoms with Crippen LogP contribution in [0.15, 0.2) is 18.2 Å². The fourth-order valence-corrected chi connectivity index (χ4v) is 2.02. The Morgan fingerprint density at radius 1 is 1.24 bits per heavy atom. The summed E-state index contributed by atoms with van der Waals surface area (Å²) >= 11 is 5.85. The van der Waals surface area contributed by atoms with E-state index in [1.807, 2.05) is 25.9 Å². The molecule has 0 unspecified atom stereocenters. The van der Waals surface area contributed by atoms with Crippen molar-refractivity contribution in [2.24, 2.45) is 0 Å². The second-order valence-corrected chi connectivity index (χ2v) is 5.63. The molecule has 0 saturated heterocycles. The topological polar surface area (TPSA) is 61.4 Å². The molecule has 0 bridgehead atoms. The molecule has 116 valence electrons. The molecule has 21 heavy (non-hydrogen) atoms. The first kappa shape index (κ1) is 17.5. The molecule has 0 spiro atoms. The molecule has 1 rings (SSSR count). The van der Waals surface area contributed by atoms with Gasteiger partial charge < -0.3 is 15.5 Å². The van der Waals surface area contributed by atoms with Crippen molar-refractivity contribution in [2.75, 3.05) is 32.5 Å². The summed E-state index contributed by atoms with van der Waals surface area (Å²) in [5.74, 6) is -0.594. The lowest BCUT2D eigenvalue weighted by atomic mass is 10.2. The minimum atomic E-state index is -0.328. The molecule has 5 nitrogen and oxygen atoms in total. The van der Waals surface area contributed by atoms with E-state index in [1.165, 1.54) is 0 Å². The number of amides is 2. The summed E-state index contributed by atoms with van der Waals surface area (Å²) in [5, 5.41) is 6.06. The van der Waals surface area contributed by atoms with Crippen LogP contribution < -0.4 is 10.6 Å². The lowest BCUT2D eigenvalue weighted by Crippen LogP contribution is -2.30. The number of rotatable bonds is 7. The van der Waals surface area contributed by atoms with Gasteiger partial charge in [-0.05, 0) is 57.7 Å². The zero-order chi connectivity index (χ0) is 15.8. The summed E-state index contributed by atoms with van der Waals surface area (Å²) in [5.41, 5.74) is 1.53. The molecule has 1 aromatic carbocycles. The normalized spacial score (nSPS) is 10.5. The fourth-order valence-electron chi connectivity index (χ4n) is 1.79. The van der Waals surface area contributed by atoms with Gasteiger partial charge in [-0.3, -0.25) is 9.59 Å². The Bertz CT molecular complexity index is 504. The van der Waals surface area contributed by atoms with Crippen molar-refractivity contribution in [2.45, 2.75) is 19.8 Å². The van der Waals surface area contributed by atoms with Crippen LogP contribution in [0.4, 0.5) is 5.69 Å². The standard InChI is InChI=1S/C15H22ClN3O2/c1-11-9-12(16)5-6-13(11)18-15(21)10-14(20)17-7-4-8-19(2)3/h5-6,9H,4,7-8,10H2,1-3H3,(H,17,20)(H,18,21). The number of hydrogen-bond donors (Lipinski definition) is 2. The molecule has 2 amide bonds. The molecule has 0 aliphatic carbocycles. The molecule has 6 heteroatoms. The third kappa shape index (κ3) is 7.11. The molecule has 0 fully saturated rings. The quantitative estimate of drug-likeness (QED) is 0.598. The maximum Gasteiger partial charge on any atom is 0.233 e.